The molecule has 0 aromatic rings. The molecule has 0 N–H and O–H groups in total. The summed E-state index contributed by atoms with van der Waals surface area (Å²) in [5, 5.41) is 0. The molecule has 0 fully saturated rings. The van der Waals surface area contributed by atoms with Crippen LogP contribution >= 0.6 is 0 Å². The average molecular weight is 327 g/mol. The molecule has 0 aliphatic carbocycles. The van der Waals surface area contributed by atoms with Gasteiger partial charge in [-0.05, 0) is 0 Å². The first kappa shape index (κ1) is 29.6. The Morgan fingerprint density at radius 2 is 1.45 bits per heavy atom. The monoisotopic (exact) mass is 327 g/mol. The minimum Gasteiger partial charge on any atom is -1.00 e. The number of esters is 1. The van der Waals surface area contributed by atoms with Gasteiger partial charge < -0.3 is 42.0 Å². The maximum Gasteiger partial charge on any atom is 0.308 e. The van der Waals surface area contributed by atoms with E-state index in [0.29, 0.717) is 0 Å². The molecule has 0 spiro atoms. The van der Waals surface area contributed by atoms with Crippen LogP contribution in [0.3, 0.4) is 0 Å². The Morgan fingerprint density at radius 1 is 1.18 bits per heavy atom. The zero-order valence-corrected chi connectivity index (χ0v) is 11.6. The van der Waals surface area contributed by atoms with Crippen molar-refractivity contribution in [3.63, 3.8) is 0 Å². The second-order valence-corrected chi connectivity index (χ2v) is 1.68. The van der Waals surface area contributed by atoms with Crippen LogP contribution in [0.25, 0.3) is 0 Å². The molecule has 0 aromatic heterocycles. The van der Waals surface area contributed by atoms with E-state index in [-0.39, 0.29) is 73.0 Å². The molecule has 70 valence electrons. The summed E-state index contributed by atoms with van der Waals surface area (Å²) in [7, 11) is 1.39. The SMILES string of the molecule is COC(=O)C(C)C.[Cl-].[Cl-].[Cl-].[Sn]. The van der Waals surface area contributed by atoms with Crippen molar-refractivity contribution < 1.29 is 46.8 Å². The Hall–Kier alpha value is 1.14. The van der Waals surface area contributed by atoms with Gasteiger partial charge in [0.25, 0.3) is 0 Å². The summed E-state index contributed by atoms with van der Waals surface area (Å²) >= 11 is 0. The Labute approximate surface area is 103 Å². The van der Waals surface area contributed by atoms with Crippen molar-refractivity contribution in [1.82, 2.24) is 0 Å². The van der Waals surface area contributed by atoms with E-state index >= 15 is 0 Å². The van der Waals surface area contributed by atoms with Crippen LogP contribution in [-0.2, 0) is 9.53 Å². The number of carbonyl (C=O) groups excluding carboxylic acids is 1. The maximum atomic E-state index is 10.3. The molecule has 0 rings (SSSR count). The van der Waals surface area contributed by atoms with Crippen molar-refractivity contribution >= 4 is 29.9 Å². The summed E-state index contributed by atoms with van der Waals surface area (Å²) < 4.78 is 4.37. The molecule has 0 bridgehead atoms. The maximum absolute atomic E-state index is 10.3. The van der Waals surface area contributed by atoms with E-state index < -0.39 is 0 Å². The van der Waals surface area contributed by atoms with Gasteiger partial charge in [-0.15, -0.1) is 0 Å². The van der Waals surface area contributed by atoms with Crippen molar-refractivity contribution in [3.8, 4) is 0 Å². The second kappa shape index (κ2) is 17.3. The molecular weight excluding hydrogens is 317 g/mol. The molecule has 2 nitrogen and oxygen atoms in total. The quantitative estimate of drug-likeness (QED) is 0.353. The van der Waals surface area contributed by atoms with Gasteiger partial charge in [0, 0.05) is 23.9 Å². The summed E-state index contributed by atoms with van der Waals surface area (Å²) in [5.41, 5.74) is 0. The topological polar surface area (TPSA) is 26.3 Å². The van der Waals surface area contributed by atoms with E-state index in [1.54, 1.807) is 13.8 Å². The van der Waals surface area contributed by atoms with Gasteiger partial charge in [0.1, 0.15) is 0 Å². The third-order valence-corrected chi connectivity index (χ3v) is 0.673. The predicted octanol–water partition coefficient (Wildman–Crippen LogP) is -8.55. The van der Waals surface area contributed by atoms with E-state index in [1.807, 2.05) is 0 Å². The van der Waals surface area contributed by atoms with Gasteiger partial charge in [-0.25, -0.2) is 0 Å². The summed E-state index contributed by atoms with van der Waals surface area (Å²) in [6.45, 7) is 3.59. The van der Waals surface area contributed by atoms with Crippen LogP contribution < -0.4 is 37.2 Å². The molecule has 0 aliphatic rings. The molecule has 11 heavy (non-hydrogen) atoms. The first-order chi connectivity index (χ1) is 3.18. The van der Waals surface area contributed by atoms with E-state index in [0.717, 1.165) is 0 Å². The fourth-order valence-electron chi connectivity index (χ4n) is 0.236. The van der Waals surface area contributed by atoms with Crippen molar-refractivity contribution in [2.75, 3.05) is 7.11 Å². The van der Waals surface area contributed by atoms with Crippen LogP contribution in [0.5, 0.6) is 0 Å². The first-order valence-corrected chi connectivity index (χ1v) is 2.26. The fraction of sp³-hybridized carbons (Fsp3) is 0.800. The summed E-state index contributed by atoms with van der Waals surface area (Å²) in [5.74, 6) is -0.148. The van der Waals surface area contributed by atoms with Gasteiger partial charge in [-0.3, -0.25) is 4.79 Å². The van der Waals surface area contributed by atoms with Gasteiger partial charge in [0.05, 0.1) is 13.0 Å². The average Bonchev–Trinajstić information content (AvgIpc) is 1.65. The number of hydrogen-bond acceptors (Lipinski definition) is 2. The zero-order chi connectivity index (χ0) is 5.86. The molecule has 0 saturated heterocycles. The summed E-state index contributed by atoms with van der Waals surface area (Å²) in [4.78, 5) is 10.3. The molecule has 0 aliphatic heterocycles. The second-order valence-electron chi connectivity index (χ2n) is 1.68. The van der Waals surface area contributed by atoms with Crippen molar-refractivity contribution in [2.24, 2.45) is 5.92 Å². The molecule has 4 radical (unpaired) electrons. The largest absolute Gasteiger partial charge is 1.00 e. The first-order valence-electron chi connectivity index (χ1n) is 2.26. The van der Waals surface area contributed by atoms with Gasteiger partial charge >= 0.3 is 5.97 Å². The van der Waals surface area contributed by atoms with Crippen LogP contribution in [0.2, 0.25) is 0 Å². The van der Waals surface area contributed by atoms with Crippen molar-refractivity contribution in [2.45, 2.75) is 13.8 Å². The number of rotatable bonds is 1. The van der Waals surface area contributed by atoms with Crippen LogP contribution in [-0.4, -0.2) is 37.0 Å². The standard InChI is InChI=1S/C5H10O2.3ClH.Sn/c1-4(2)5(6)7-3;;;;/h4H,1-3H3;3*1H;/p-3. The van der Waals surface area contributed by atoms with E-state index in [1.165, 1.54) is 7.11 Å². The van der Waals surface area contributed by atoms with Gasteiger partial charge in [0.15, 0.2) is 0 Å². The van der Waals surface area contributed by atoms with E-state index in [9.17, 15) is 4.79 Å². The third kappa shape index (κ3) is 18.3. The Bertz CT molecular complexity index is 80.1. The number of hydrogen-bond donors (Lipinski definition) is 0. The number of halogens is 3. The fourth-order valence-corrected chi connectivity index (χ4v) is 0.236. The predicted molar refractivity (Wildman–Crippen MR) is 32.6 cm³/mol. The van der Waals surface area contributed by atoms with Gasteiger partial charge in [-0.1, -0.05) is 13.8 Å². The third-order valence-electron chi connectivity index (χ3n) is 0.673. The number of ether oxygens (including phenoxy) is 1. The summed E-state index contributed by atoms with van der Waals surface area (Å²) in [6.07, 6.45) is 0. The minimum atomic E-state index is -0.153. The Kier molecular flexibility index (Phi) is 46.4. The molecule has 0 atom stereocenters. The number of methoxy groups -OCH3 is 1. The zero-order valence-electron chi connectivity index (χ0n) is 6.53. The van der Waals surface area contributed by atoms with E-state index in [4.69, 9.17) is 0 Å². The smallest absolute Gasteiger partial charge is 0.308 e. The molecule has 0 saturated carbocycles. The number of carbonyl (C=O) groups is 1. The van der Waals surface area contributed by atoms with Gasteiger partial charge in [-0.2, -0.15) is 0 Å². The molecule has 6 heteroatoms. The molecule has 0 unspecified atom stereocenters. The van der Waals surface area contributed by atoms with Crippen LogP contribution in [0.4, 0.5) is 0 Å². The van der Waals surface area contributed by atoms with Crippen LogP contribution in [0.1, 0.15) is 13.8 Å². The van der Waals surface area contributed by atoms with Crippen molar-refractivity contribution in [1.29, 1.82) is 0 Å². The van der Waals surface area contributed by atoms with Crippen LogP contribution in [0, 0.1) is 5.92 Å². The molecular formula is C5H10Cl3O2Sn-3. The molecule has 0 aromatic carbocycles. The molecule has 0 heterocycles. The normalized spacial score (nSPS) is 5.82. The minimum absolute atomic E-state index is 0. The Morgan fingerprint density at radius 3 is 1.45 bits per heavy atom. The van der Waals surface area contributed by atoms with E-state index in [2.05, 4.69) is 4.74 Å². The summed E-state index contributed by atoms with van der Waals surface area (Å²) in [6, 6.07) is 0. The van der Waals surface area contributed by atoms with Gasteiger partial charge in [0.2, 0.25) is 0 Å². The molecule has 0 amide bonds. The Balaban J connectivity index is -0.0000000300. The van der Waals surface area contributed by atoms with Crippen molar-refractivity contribution in [3.05, 3.63) is 0 Å². The van der Waals surface area contributed by atoms with Crippen LogP contribution in [0.15, 0.2) is 0 Å².